The first-order valence-electron chi connectivity index (χ1n) is 20.9. The van der Waals surface area contributed by atoms with Crippen LogP contribution >= 0.6 is 0 Å². The predicted molar refractivity (Wildman–Crippen MR) is 240 cm³/mol. The van der Waals surface area contributed by atoms with Gasteiger partial charge in [0, 0.05) is 28.7 Å². The molecule has 0 aliphatic heterocycles. The second-order valence-corrected chi connectivity index (χ2v) is 16.1. The lowest BCUT2D eigenvalue weighted by Crippen LogP contribution is -2.35. The Labute approximate surface area is 379 Å². The van der Waals surface area contributed by atoms with Crippen molar-refractivity contribution < 1.29 is 50.5 Å². The Hall–Kier alpha value is -7.78. The van der Waals surface area contributed by atoms with Crippen molar-refractivity contribution in [1.82, 2.24) is 15.3 Å². The Bertz CT molecular complexity index is 3030. The number of aromatic nitrogens is 2. The Kier molecular flexibility index (Phi) is 12.7. The van der Waals surface area contributed by atoms with Crippen molar-refractivity contribution in [3.05, 3.63) is 204 Å². The monoisotopic (exact) mass is 914 g/mol. The van der Waals surface area contributed by atoms with Crippen molar-refractivity contribution in [3.8, 4) is 23.0 Å². The summed E-state index contributed by atoms with van der Waals surface area (Å²) in [6.45, 7) is 0. The lowest BCUT2D eigenvalue weighted by atomic mass is 10.0. The summed E-state index contributed by atoms with van der Waals surface area (Å²) in [6.07, 6.45) is -1.43. The summed E-state index contributed by atoms with van der Waals surface area (Å²) in [5, 5.41) is 15.0. The summed E-state index contributed by atoms with van der Waals surface area (Å²) in [5.41, 5.74) is 6.48. The summed E-state index contributed by atoms with van der Waals surface area (Å²) in [6, 6.07) is 40.8. The van der Waals surface area contributed by atoms with Gasteiger partial charge in [0.1, 0.15) is 23.0 Å². The van der Waals surface area contributed by atoms with Crippen LogP contribution in [0.1, 0.15) is 68.9 Å². The summed E-state index contributed by atoms with van der Waals surface area (Å²) >= 11 is 0. The number of hydrogen-bond donors (Lipinski definition) is 3. The van der Waals surface area contributed by atoms with Gasteiger partial charge in [-0.1, -0.05) is 36.4 Å². The molecule has 9 nitrogen and oxygen atoms in total. The maximum absolute atomic E-state index is 12.9. The van der Waals surface area contributed by atoms with Gasteiger partial charge in [0.2, 0.25) is 0 Å². The molecule has 10 rings (SSSR count). The van der Waals surface area contributed by atoms with Crippen LogP contribution in [0.5, 0.6) is 23.0 Å². The molecule has 2 aromatic heterocycles. The molecule has 0 unspecified atom stereocenters. The summed E-state index contributed by atoms with van der Waals surface area (Å²) in [4.78, 5) is 32.5. The zero-order valence-corrected chi connectivity index (χ0v) is 35.3. The van der Waals surface area contributed by atoms with Gasteiger partial charge in [-0.3, -0.25) is 14.8 Å². The number of aromatic carboxylic acids is 1. The number of hydrogen-bond acceptors (Lipinski definition) is 7. The van der Waals surface area contributed by atoms with Crippen molar-refractivity contribution in [3.63, 3.8) is 0 Å². The van der Waals surface area contributed by atoms with Crippen molar-refractivity contribution >= 4 is 33.4 Å². The highest BCUT2D eigenvalue weighted by molar-refractivity contribution is 6.00. The first-order valence-corrected chi connectivity index (χ1v) is 20.9. The molecule has 2 aliphatic carbocycles. The average molecular weight is 915 g/mol. The van der Waals surface area contributed by atoms with E-state index in [-0.39, 0.29) is 22.8 Å². The molecule has 2 aliphatic rings. The van der Waals surface area contributed by atoms with Crippen LogP contribution in [0.15, 0.2) is 170 Å². The van der Waals surface area contributed by atoms with Crippen LogP contribution in [0.2, 0.25) is 0 Å². The largest absolute Gasteiger partial charge is 0.478 e. The average Bonchev–Trinajstić information content (AvgIpc) is 4.27. The van der Waals surface area contributed by atoms with Crippen LogP contribution in [0, 0.1) is 0 Å². The van der Waals surface area contributed by atoms with Gasteiger partial charge in [-0.2, -0.15) is 26.3 Å². The number of carboxylic acids is 1. The highest BCUT2D eigenvalue weighted by atomic mass is 19.4. The number of pyridine rings is 2. The molecule has 1 amide bonds. The number of alkyl halides is 6. The fraction of sp³-hybridized carbons (Fsp3) is 0.154. The smallest absolute Gasteiger partial charge is 0.416 e. The highest BCUT2D eigenvalue weighted by Crippen LogP contribution is 2.45. The van der Waals surface area contributed by atoms with Gasteiger partial charge in [0.15, 0.2) is 0 Å². The number of nitrogens with two attached hydrogens (primary N) is 1. The second-order valence-electron chi connectivity index (χ2n) is 16.1. The maximum Gasteiger partial charge on any atom is 0.416 e. The first-order chi connectivity index (χ1) is 32.0. The van der Waals surface area contributed by atoms with E-state index in [1.54, 1.807) is 67.0 Å². The van der Waals surface area contributed by atoms with Gasteiger partial charge in [-0.05, 0) is 158 Å². The third kappa shape index (κ3) is 11.0. The Morgan fingerprint density at radius 2 is 1.01 bits per heavy atom. The van der Waals surface area contributed by atoms with Gasteiger partial charge in [0.25, 0.3) is 5.91 Å². The van der Waals surface area contributed by atoms with Crippen LogP contribution < -0.4 is 20.5 Å². The summed E-state index contributed by atoms with van der Waals surface area (Å²) in [7, 11) is 0. The zero-order chi connectivity index (χ0) is 47.4. The minimum absolute atomic E-state index is 0.0682. The molecule has 0 radical (unpaired) electrons. The molecule has 0 bridgehead atoms. The Morgan fingerprint density at radius 1 is 0.552 bits per heavy atom. The SMILES string of the molecule is NC1(c2ccccn2)CC1.O=C(NC1(c2ccccn2)CC1)c1ccc2c(Oc3ccc(C(F)(F)F)cc3)cccc2c1.O=C(O)c1ccc2c(Oc3ccc(C(F)(F)F)cc3)cccc2c1. The van der Waals surface area contributed by atoms with Gasteiger partial charge in [0.05, 0.1) is 39.2 Å². The van der Waals surface area contributed by atoms with Crippen LogP contribution in [-0.2, 0) is 23.4 Å². The maximum atomic E-state index is 12.9. The Balaban J connectivity index is 0.000000155. The van der Waals surface area contributed by atoms with E-state index in [2.05, 4.69) is 15.3 Å². The topological polar surface area (TPSA) is 137 Å². The second kappa shape index (κ2) is 18.6. The van der Waals surface area contributed by atoms with Crippen LogP contribution in [-0.4, -0.2) is 27.0 Å². The molecule has 6 aromatic carbocycles. The molecule has 15 heteroatoms. The van der Waals surface area contributed by atoms with Gasteiger partial charge < -0.3 is 25.6 Å². The van der Waals surface area contributed by atoms with Crippen LogP contribution in [0.4, 0.5) is 26.3 Å². The molecule has 0 spiro atoms. The fourth-order valence-electron chi connectivity index (χ4n) is 7.19. The molecule has 2 saturated carbocycles. The fourth-order valence-corrected chi connectivity index (χ4v) is 7.19. The quantitative estimate of drug-likeness (QED) is 0.122. The minimum Gasteiger partial charge on any atom is -0.478 e. The molecule has 340 valence electrons. The van der Waals surface area contributed by atoms with Crippen LogP contribution in [0.3, 0.4) is 0 Å². The molecule has 0 saturated heterocycles. The number of nitrogens with one attached hydrogen (secondary N) is 1. The van der Waals surface area contributed by atoms with Gasteiger partial charge >= 0.3 is 18.3 Å². The van der Waals surface area contributed by atoms with E-state index in [4.69, 9.17) is 20.3 Å². The Morgan fingerprint density at radius 3 is 1.43 bits per heavy atom. The molecule has 0 atom stereocenters. The molecule has 4 N–H and O–H groups in total. The van der Waals surface area contributed by atoms with Crippen LogP contribution in [0.25, 0.3) is 21.5 Å². The first kappa shape index (κ1) is 45.8. The summed E-state index contributed by atoms with van der Waals surface area (Å²) in [5.74, 6) is 0.261. The van der Waals surface area contributed by atoms with Crippen molar-refractivity contribution in [2.24, 2.45) is 5.73 Å². The number of carbonyl (C=O) groups is 2. The number of benzene rings is 6. The number of halogens is 6. The lowest BCUT2D eigenvalue weighted by Gasteiger charge is -2.17. The number of nitrogens with zero attached hydrogens (tertiary/aromatic N) is 2. The minimum atomic E-state index is -4.40. The van der Waals surface area contributed by atoms with E-state index in [1.165, 1.54) is 36.4 Å². The van der Waals surface area contributed by atoms with Crippen molar-refractivity contribution in [2.45, 2.75) is 49.1 Å². The van der Waals surface area contributed by atoms with E-state index < -0.39 is 35.0 Å². The molecule has 67 heavy (non-hydrogen) atoms. The number of carbonyl (C=O) groups excluding carboxylic acids is 1. The number of fused-ring (bicyclic) bond motifs is 2. The van der Waals surface area contributed by atoms with Gasteiger partial charge in [-0.25, -0.2) is 4.79 Å². The molecular formula is C52H40F6N4O5. The number of rotatable bonds is 9. The van der Waals surface area contributed by atoms with E-state index in [1.807, 2.05) is 42.5 Å². The zero-order valence-electron chi connectivity index (χ0n) is 35.3. The molecular weight excluding hydrogens is 875 g/mol. The normalized spacial score (nSPS) is 14.4. The molecule has 2 heterocycles. The number of ether oxygens (including phenoxy) is 2. The van der Waals surface area contributed by atoms with Crippen molar-refractivity contribution in [1.29, 1.82) is 0 Å². The highest BCUT2D eigenvalue weighted by Gasteiger charge is 2.47. The van der Waals surface area contributed by atoms with E-state index in [0.29, 0.717) is 33.6 Å². The van der Waals surface area contributed by atoms with E-state index >= 15 is 0 Å². The van der Waals surface area contributed by atoms with Crippen molar-refractivity contribution in [2.75, 3.05) is 0 Å². The number of carboxylic acid groups (broad SMARTS) is 1. The standard InChI is InChI=1S/C26H19F3N2O2.C18H11F3O3.C8H10N2/c27-26(28,29)19-8-10-20(11-9-19)33-22-5-3-4-17-16-18(7-12-21(17)22)24(32)31-25(13-14-25)23-6-1-2-15-30-23;19-18(20,21)13-5-7-14(8-6-13)24-16-3-1-2-11-10-12(17(22)23)4-9-15(11)16;9-8(4-5-8)7-3-1-2-6-10-7/h1-12,15-16H,13-14H2,(H,31,32);1-10H,(H,22,23);1-3,6H,4-5,9H2. The lowest BCUT2D eigenvalue weighted by molar-refractivity contribution is -0.138. The third-order valence-electron chi connectivity index (χ3n) is 11.2. The molecule has 8 aromatic rings. The van der Waals surface area contributed by atoms with E-state index in [9.17, 15) is 35.9 Å². The molecule has 2 fully saturated rings. The number of amides is 1. The van der Waals surface area contributed by atoms with Gasteiger partial charge in [-0.15, -0.1) is 0 Å². The third-order valence-corrected chi connectivity index (χ3v) is 11.2. The predicted octanol–water partition coefficient (Wildman–Crippen LogP) is 12.8. The summed E-state index contributed by atoms with van der Waals surface area (Å²) < 4.78 is 87.5. The van der Waals surface area contributed by atoms with E-state index in [0.717, 1.165) is 72.1 Å².